The normalized spacial score (nSPS) is 10.8. The molecule has 3 aromatic rings. The lowest BCUT2D eigenvalue weighted by molar-refractivity contribution is 0.101. The van der Waals surface area contributed by atoms with Gasteiger partial charge in [0.05, 0.1) is 11.8 Å². The largest absolute Gasteiger partial charge is 0.322 e. The number of rotatable bonds is 6. The van der Waals surface area contributed by atoms with Crippen molar-refractivity contribution in [2.75, 3.05) is 21.6 Å². The van der Waals surface area contributed by atoms with Crippen LogP contribution in [-0.4, -0.2) is 31.5 Å². The number of carbonyl (C=O) groups excluding carboxylic acids is 2. The molecule has 0 fully saturated rings. The average molecular weight is 410 g/mol. The number of carbonyl (C=O) groups is 2. The summed E-state index contributed by atoms with van der Waals surface area (Å²) < 4.78 is 24.8. The third-order valence-electron chi connectivity index (χ3n) is 3.75. The molecule has 0 aliphatic rings. The fourth-order valence-electron chi connectivity index (χ4n) is 2.48. The Balaban J connectivity index is 1.67. The van der Waals surface area contributed by atoms with Gasteiger partial charge in [-0.3, -0.25) is 19.3 Å². The van der Waals surface area contributed by atoms with Gasteiger partial charge >= 0.3 is 0 Å². The molecule has 1 aromatic heterocycles. The fourth-order valence-corrected chi connectivity index (χ4v) is 3.04. The van der Waals surface area contributed by atoms with Crippen LogP contribution in [0.1, 0.15) is 20.7 Å². The first kappa shape index (κ1) is 20.0. The van der Waals surface area contributed by atoms with Gasteiger partial charge in [0.15, 0.2) is 0 Å². The van der Waals surface area contributed by atoms with Crippen LogP contribution in [0.5, 0.6) is 0 Å². The highest BCUT2D eigenvalue weighted by Gasteiger charge is 2.10. The van der Waals surface area contributed by atoms with Crippen molar-refractivity contribution in [3.63, 3.8) is 0 Å². The van der Waals surface area contributed by atoms with E-state index in [-0.39, 0.29) is 11.8 Å². The number of nitrogens with one attached hydrogen (secondary N) is 3. The summed E-state index contributed by atoms with van der Waals surface area (Å²) in [6.07, 6.45) is 4.09. The van der Waals surface area contributed by atoms with Crippen molar-refractivity contribution in [2.45, 2.75) is 0 Å². The minimum Gasteiger partial charge on any atom is -0.322 e. The van der Waals surface area contributed by atoms with Gasteiger partial charge in [0, 0.05) is 35.0 Å². The summed E-state index contributed by atoms with van der Waals surface area (Å²) >= 11 is 0. The van der Waals surface area contributed by atoms with Crippen LogP contribution in [0.25, 0.3) is 0 Å². The van der Waals surface area contributed by atoms with E-state index in [0.717, 1.165) is 6.26 Å². The highest BCUT2D eigenvalue weighted by atomic mass is 32.2. The minimum absolute atomic E-state index is 0.329. The van der Waals surface area contributed by atoms with Crippen molar-refractivity contribution in [2.24, 2.45) is 0 Å². The van der Waals surface area contributed by atoms with Gasteiger partial charge in [-0.25, -0.2) is 8.42 Å². The lowest BCUT2D eigenvalue weighted by Gasteiger charge is -2.09. The van der Waals surface area contributed by atoms with Gasteiger partial charge in [-0.2, -0.15) is 0 Å². The fraction of sp³-hybridized carbons (Fsp3) is 0.0500. The van der Waals surface area contributed by atoms with E-state index in [1.165, 1.54) is 6.20 Å². The Morgan fingerprint density at radius 3 is 2.07 bits per heavy atom. The van der Waals surface area contributed by atoms with Gasteiger partial charge in [-0.05, 0) is 54.6 Å². The van der Waals surface area contributed by atoms with Crippen LogP contribution >= 0.6 is 0 Å². The number of aromatic nitrogens is 1. The van der Waals surface area contributed by atoms with Crippen molar-refractivity contribution >= 4 is 38.9 Å². The minimum atomic E-state index is -3.37. The SMILES string of the molecule is CS(=O)(=O)Nc1ccc(NC(=O)c2cccc(NC(=O)c3cccnc3)c2)cc1. The molecule has 29 heavy (non-hydrogen) atoms. The molecular formula is C20H18N4O4S. The molecule has 0 radical (unpaired) electrons. The highest BCUT2D eigenvalue weighted by molar-refractivity contribution is 7.92. The van der Waals surface area contributed by atoms with Crippen molar-refractivity contribution in [3.05, 3.63) is 84.2 Å². The van der Waals surface area contributed by atoms with Gasteiger partial charge in [-0.1, -0.05) is 6.07 Å². The third kappa shape index (κ3) is 5.88. The summed E-state index contributed by atoms with van der Waals surface area (Å²) in [7, 11) is -3.37. The maximum atomic E-state index is 12.5. The summed E-state index contributed by atoms with van der Waals surface area (Å²) in [6, 6.07) is 16.1. The molecule has 0 aliphatic carbocycles. The molecule has 148 valence electrons. The average Bonchev–Trinajstić information content (AvgIpc) is 2.69. The van der Waals surface area contributed by atoms with E-state index >= 15 is 0 Å². The second-order valence-electron chi connectivity index (χ2n) is 6.18. The molecule has 3 N–H and O–H groups in total. The zero-order chi connectivity index (χ0) is 20.9. The van der Waals surface area contributed by atoms with Crippen molar-refractivity contribution in [3.8, 4) is 0 Å². The predicted molar refractivity (Wildman–Crippen MR) is 111 cm³/mol. The Hall–Kier alpha value is -3.72. The Morgan fingerprint density at radius 2 is 1.41 bits per heavy atom. The van der Waals surface area contributed by atoms with Gasteiger partial charge in [0.2, 0.25) is 10.0 Å². The highest BCUT2D eigenvalue weighted by Crippen LogP contribution is 2.17. The molecule has 0 atom stereocenters. The lowest BCUT2D eigenvalue weighted by atomic mass is 10.1. The van der Waals surface area contributed by atoms with Gasteiger partial charge in [-0.15, -0.1) is 0 Å². The van der Waals surface area contributed by atoms with Crippen molar-refractivity contribution < 1.29 is 18.0 Å². The molecule has 0 saturated heterocycles. The molecule has 9 heteroatoms. The number of nitrogens with zero attached hydrogens (tertiary/aromatic N) is 1. The zero-order valence-corrected chi connectivity index (χ0v) is 16.2. The zero-order valence-electron chi connectivity index (χ0n) is 15.4. The van der Waals surface area contributed by atoms with Crippen LogP contribution in [-0.2, 0) is 10.0 Å². The monoisotopic (exact) mass is 410 g/mol. The van der Waals surface area contributed by atoms with E-state index in [2.05, 4.69) is 20.3 Å². The molecule has 0 bridgehead atoms. The van der Waals surface area contributed by atoms with Gasteiger partial charge in [0.1, 0.15) is 0 Å². The Morgan fingerprint density at radius 1 is 0.793 bits per heavy atom. The lowest BCUT2D eigenvalue weighted by Crippen LogP contribution is -2.15. The Labute approximate surface area is 168 Å². The number of anilines is 3. The van der Waals surface area contributed by atoms with E-state index in [1.807, 2.05) is 0 Å². The van der Waals surface area contributed by atoms with E-state index in [4.69, 9.17) is 0 Å². The predicted octanol–water partition coefficient (Wildman–Crippen LogP) is 2.96. The molecule has 0 saturated carbocycles. The maximum Gasteiger partial charge on any atom is 0.257 e. The third-order valence-corrected chi connectivity index (χ3v) is 4.36. The van der Waals surface area contributed by atoms with E-state index in [9.17, 15) is 18.0 Å². The summed E-state index contributed by atoms with van der Waals surface area (Å²) in [4.78, 5) is 28.6. The summed E-state index contributed by atoms with van der Waals surface area (Å²) in [5.74, 6) is -0.698. The molecular weight excluding hydrogens is 392 g/mol. The van der Waals surface area contributed by atoms with Crippen LogP contribution in [0.3, 0.4) is 0 Å². The summed E-state index contributed by atoms with van der Waals surface area (Å²) in [6.45, 7) is 0. The first-order chi connectivity index (χ1) is 13.8. The Bertz CT molecular complexity index is 1130. The van der Waals surface area contributed by atoms with Gasteiger partial charge < -0.3 is 10.6 Å². The number of hydrogen-bond donors (Lipinski definition) is 3. The standard InChI is InChI=1S/C20H18N4O4S/c1-29(27,28)24-17-9-7-16(8-10-17)22-19(25)14-4-2-6-18(12-14)23-20(26)15-5-3-11-21-13-15/h2-13,24H,1H3,(H,22,25)(H,23,26). The van der Waals surface area contributed by atoms with Crippen molar-refractivity contribution in [1.29, 1.82) is 0 Å². The van der Waals surface area contributed by atoms with Crippen LogP contribution in [0.2, 0.25) is 0 Å². The van der Waals surface area contributed by atoms with Crippen molar-refractivity contribution in [1.82, 2.24) is 4.98 Å². The molecule has 0 spiro atoms. The quantitative estimate of drug-likeness (QED) is 0.578. The number of hydrogen-bond acceptors (Lipinski definition) is 5. The number of pyridine rings is 1. The molecule has 2 aromatic carbocycles. The smallest absolute Gasteiger partial charge is 0.257 e. The maximum absolute atomic E-state index is 12.5. The van der Waals surface area contributed by atoms with E-state index in [0.29, 0.717) is 28.2 Å². The summed E-state index contributed by atoms with van der Waals surface area (Å²) in [5, 5.41) is 5.44. The molecule has 1 heterocycles. The number of amides is 2. The van der Waals surface area contributed by atoms with Crippen LogP contribution < -0.4 is 15.4 Å². The molecule has 2 amide bonds. The van der Waals surface area contributed by atoms with E-state index in [1.54, 1.807) is 66.9 Å². The second-order valence-corrected chi connectivity index (χ2v) is 7.93. The Kier molecular flexibility index (Phi) is 5.89. The number of benzene rings is 2. The second kappa shape index (κ2) is 8.53. The molecule has 8 nitrogen and oxygen atoms in total. The first-order valence-corrected chi connectivity index (χ1v) is 10.4. The van der Waals surface area contributed by atoms with E-state index < -0.39 is 10.0 Å². The van der Waals surface area contributed by atoms with Crippen LogP contribution in [0, 0.1) is 0 Å². The van der Waals surface area contributed by atoms with Crippen LogP contribution in [0.4, 0.5) is 17.1 Å². The summed E-state index contributed by atoms with van der Waals surface area (Å²) in [5.41, 5.74) is 2.13. The van der Waals surface area contributed by atoms with Crippen LogP contribution in [0.15, 0.2) is 73.1 Å². The first-order valence-electron chi connectivity index (χ1n) is 8.51. The molecule has 3 rings (SSSR count). The topological polar surface area (TPSA) is 117 Å². The molecule has 0 aliphatic heterocycles. The molecule has 0 unspecified atom stereocenters. The van der Waals surface area contributed by atoms with Gasteiger partial charge in [0.25, 0.3) is 11.8 Å². The number of sulfonamides is 1.